The lowest BCUT2D eigenvalue weighted by atomic mass is 10.1. The predicted octanol–water partition coefficient (Wildman–Crippen LogP) is 2.93. The van der Waals surface area contributed by atoms with Crippen molar-refractivity contribution in [1.82, 2.24) is 4.98 Å². The lowest BCUT2D eigenvalue weighted by molar-refractivity contribution is -0.683. The number of pyridine rings is 2. The van der Waals surface area contributed by atoms with Crippen LogP contribution in [0.5, 0.6) is 5.75 Å². The van der Waals surface area contributed by atoms with E-state index in [2.05, 4.69) is 4.98 Å². The van der Waals surface area contributed by atoms with Crippen molar-refractivity contribution in [2.45, 2.75) is 6.54 Å². The highest BCUT2D eigenvalue weighted by Gasteiger charge is 2.12. The number of benzene rings is 1. The molecule has 0 saturated heterocycles. The first-order valence-corrected chi connectivity index (χ1v) is 7.33. The summed E-state index contributed by atoms with van der Waals surface area (Å²) in [5, 5.41) is 0. The van der Waals surface area contributed by atoms with Gasteiger partial charge in [-0.2, -0.15) is 4.57 Å². The summed E-state index contributed by atoms with van der Waals surface area (Å²) in [6, 6.07) is 15.1. The molecule has 0 radical (unpaired) electrons. The van der Waals surface area contributed by atoms with Crippen molar-refractivity contribution in [1.29, 1.82) is 0 Å². The van der Waals surface area contributed by atoms with E-state index in [0.717, 1.165) is 16.9 Å². The van der Waals surface area contributed by atoms with Gasteiger partial charge in [0.05, 0.1) is 7.11 Å². The molecule has 0 spiro atoms. The van der Waals surface area contributed by atoms with Crippen molar-refractivity contribution >= 4 is 5.78 Å². The minimum Gasteiger partial charge on any atom is -0.497 e. The first-order valence-electron chi connectivity index (χ1n) is 7.33. The summed E-state index contributed by atoms with van der Waals surface area (Å²) in [6.07, 6.45) is 7.36. The topological polar surface area (TPSA) is 43.1 Å². The van der Waals surface area contributed by atoms with E-state index in [9.17, 15) is 4.79 Å². The van der Waals surface area contributed by atoms with Crippen molar-refractivity contribution in [2.75, 3.05) is 7.11 Å². The molecule has 0 aliphatic carbocycles. The van der Waals surface area contributed by atoms with Gasteiger partial charge in [-0.1, -0.05) is 0 Å². The van der Waals surface area contributed by atoms with Gasteiger partial charge in [0.15, 0.2) is 12.4 Å². The highest BCUT2D eigenvalue weighted by atomic mass is 16.5. The van der Waals surface area contributed by atoms with Crippen molar-refractivity contribution in [3.63, 3.8) is 0 Å². The summed E-state index contributed by atoms with van der Waals surface area (Å²) in [5.74, 6) is 0.810. The summed E-state index contributed by atoms with van der Waals surface area (Å²) in [5.41, 5.74) is 2.88. The Bertz CT molecular complexity index is 782. The zero-order chi connectivity index (χ0) is 16.1. The largest absolute Gasteiger partial charge is 0.497 e. The summed E-state index contributed by atoms with van der Waals surface area (Å²) >= 11 is 0. The second kappa shape index (κ2) is 6.83. The molecule has 0 aliphatic heterocycles. The molecule has 3 rings (SSSR count). The fourth-order valence-electron chi connectivity index (χ4n) is 2.33. The third-order valence-corrected chi connectivity index (χ3v) is 3.64. The minimum absolute atomic E-state index is 0.0642. The van der Waals surface area contributed by atoms with Gasteiger partial charge >= 0.3 is 0 Å². The van der Waals surface area contributed by atoms with E-state index in [-0.39, 0.29) is 5.78 Å². The minimum atomic E-state index is 0.0642. The van der Waals surface area contributed by atoms with Gasteiger partial charge < -0.3 is 4.74 Å². The molecule has 2 heterocycles. The average molecular weight is 305 g/mol. The van der Waals surface area contributed by atoms with E-state index in [1.807, 2.05) is 41.2 Å². The Labute approximate surface area is 135 Å². The van der Waals surface area contributed by atoms with Gasteiger partial charge in [0.2, 0.25) is 12.3 Å². The number of carbonyl (C=O) groups excluding carboxylic acids is 1. The molecule has 0 N–H and O–H groups in total. The van der Waals surface area contributed by atoms with Crippen LogP contribution in [0.4, 0.5) is 0 Å². The quantitative estimate of drug-likeness (QED) is 0.538. The van der Waals surface area contributed by atoms with Crippen LogP contribution in [0.15, 0.2) is 73.3 Å². The summed E-state index contributed by atoms with van der Waals surface area (Å²) < 4.78 is 6.97. The van der Waals surface area contributed by atoms with Gasteiger partial charge in [0.1, 0.15) is 5.75 Å². The van der Waals surface area contributed by atoms with Crippen molar-refractivity contribution in [2.24, 2.45) is 0 Å². The standard InChI is InChI=1S/C19H17N2O2/c1-23-18-4-2-17(3-5-18)19(22)14-21-12-8-16(9-13-21)15-6-10-20-11-7-15/h2-13H,14H2,1H3/q+1. The summed E-state index contributed by atoms with van der Waals surface area (Å²) in [6.45, 7) is 0.308. The first kappa shape index (κ1) is 14.9. The van der Waals surface area contributed by atoms with Gasteiger partial charge in [-0.3, -0.25) is 9.78 Å². The fourth-order valence-corrected chi connectivity index (χ4v) is 2.33. The van der Waals surface area contributed by atoms with Crippen LogP contribution in [-0.4, -0.2) is 17.9 Å². The molecule has 1 aromatic carbocycles. The molecular formula is C19H17N2O2+. The number of nitrogens with zero attached hydrogens (tertiary/aromatic N) is 2. The Balaban J connectivity index is 1.71. The maximum Gasteiger partial charge on any atom is 0.227 e. The molecule has 23 heavy (non-hydrogen) atoms. The van der Waals surface area contributed by atoms with E-state index < -0.39 is 0 Å². The van der Waals surface area contributed by atoms with E-state index in [4.69, 9.17) is 4.74 Å². The third-order valence-electron chi connectivity index (χ3n) is 3.64. The zero-order valence-corrected chi connectivity index (χ0v) is 12.8. The maximum absolute atomic E-state index is 12.3. The Kier molecular flexibility index (Phi) is 4.43. The lowest BCUT2D eigenvalue weighted by Crippen LogP contribution is -2.37. The molecule has 0 saturated carbocycles. The van der Waals surface area contributed by atoms with E-state index in [1.165, 1.54) is 0 Å². The molecule has 4 nitrogen and oxygen atoms in total. The van der Waals surface area contributed by atoms with Crippen LogP contribution in [-0.2, 0) is 6.54 Å². The second-order valence-corrected chi connectivity index (χ2v) is 5.15. The lowest BCUT2D eigenvalue weighted by Gasteiger charge is -2.02. The molecule has 0 amide bonds. The number of hydrogen-bond donors (Lipinski definition) is 0. The molecule has 4 heteroatoms. The highest BCUT2D eigenvalue weighted by Crippen LogP contribution is 2.16. The molecule has 0 bridgehead atoms. The van der Waals surface area contributed by atoms with Gasteiger partial charge in [-0.25, -0.2) is 0 Å². The molecule has 0 atom stereocenters. The van der Waals surface area contributed by atoms with E-state index >= 15 is 0 Å². The van der Waals surface area contributed by atoms with Crippen LogP contribution in [0.3, 0.4) is 0 Å². The van der Waals surface area contributed by atoms with Crippen LogP contribution in [0.1, 0.15) is 10.4 Å². The van der Waals surface area contributed by atoms with Crippen molar-refractivity contribution in [3.8, 4) is 16.9 Å². The first-order chi connectivity index (χ1) is 11.3. The fraction of sp³-hybridized carbons (Fsp3) is 0.105. The van der Waals surface area contributed by atoms with E-state index in [1.54, 1.807) is 43.8 Å². The number of rotatable bonds is 5. The number of Topliss-reactive ketones (excluding diaryl/α,β-unsaturated/α-hetero) is 1. The second-order valence-electron chi connectivity index (χ2n) is 5.15. The third kappa shape index (κ3) is 3.61. The number of methoxy groups -OCH3 is 1. The average Bonchev–Trinajstić information content (AvgIpc) is 2.63. The molecule has 114 valence electrons. The number of aromatic nitrogens is 2. The molecule has 0 aliphatic rings. The van der Waals surface area contributed by atoms with E-state index in [0.29, 0.717) is 12.1 Å². The van der Waals surface area contributed by atoms with Crippen LogP contribution < -0.4 is 9.30 Å². The number of hydrogen-bond acceptors (Lipinski definition) is 3. The monoisotopic (exact) mass is 305 g/mol. The molecule has 0 unspecified atom stereocenters. The van der Waals surface area contributed by atoms with Crippen LogP contribution in [0.25, 0.3) is 11.1 Å². The normalized spacial score (nSPS) is 10.3. The van der Waals surface area contributed by atoms with Crippen molar-refractivity contribution in [3.05, 3.63) is 78.9 Å². The zero-order valence-electron chi connectivity index (χ0n) is 12.8. The molecule has 3 aromatic rings. The molecule has 2 aromatic heterocycles. The Morgan fingerprint density at radius 2 is 1.57 bits per heavy atom. The van der Waals surface area contributed by atoms with Gasteiger partial charge in [0.25, 0.3) is 0 Å². The van der Waals surface area contributed by atoms with Crippen molar-refractivity contribution < 1.29 is 14.1 Å². The Hall–Kier alpha value is -3.01. The SMILES string of the molecule is COc1ccc(C(=O)C[n+]2ccc(-c3ccncc3)cc2)cc1. The Morgan fingerprint density at radius 1 is 0.957 bits per heavy atom. The Morgan fingerprint density at radius 3 is 2.17 bits per heavy atom. The maximum atomic E-state index is 12.3. The smallest absolute Gasteiger partial charge is 0.227 e. The van der Waals surface area contributed by atoms with Gasteiger partial charge in [-0.15, -0.1) is 0 Å². The number of ketones is 1. The van der Waals surface area contributed by atoms with Gasteiger partial charge in [0, 0.05) is 30.1 Å². The summed E-state index contributed by atoms with van der Waals surface area (Å²) in [4.78, 5) is 16.3. The molecule has 0 fully saturated rings. The highest BCUT2D eigenvalue weighted by molar-refractivity contribution is 5.95. The number of carbonyl (C=O) groups is 1. The predicted molar refractivity (Wildman–Crippen MR) is 87.2 cm³/mol. The van der Waals surface area contributed by atoms with Gasteiger partial charge in [-0.05, 0) is 47.5 Å². The molecular weight excluding hydrogens is 288 g/mol. The van der Waals surface area contributed by atoms with Crippen LogP contribution in [0, 0.1) is 0 Å². The summed E-state index contributed by atoms with van der Waals surface area (Å²) in [7, 11) is 1.61. The number of ether oxygens (including phenoxy) is 1. The van der Waals surface area contributed by atoms with Crippen LogP contribution >= 0.6 is 0 Å². The van der Waals surface area contributed by atoms with Crippen LogP contribution in [0.2, 0.25) is 0 Å².